The molecule has 1 saturated heterocycles. The van der Waals surface area contributed by atoms with Gasteiger partial charge in [-0.2, -0.15) is 0 Å². The number of rotatable bonds is 6. The van der Waals surface area contributed by atoms with E-state index in [0.29, 0.717) is 24.4 Å². The minimum atomic E-state index is -0.927. The Balaban J connectivity index is 1.71. The Kier molecular flexibility index (Phi) is 6.82. The second-order valence-corrected chi connectivity index (χ2v) is 9.13. The molecule has 2 aliphatic rings. The zero-order chi connectivity index (χ0) is 22.9. The normalized spacial score (nSPS) is 22.0. The molecule has 0 saturated carbocycles. The Morgan fingerprint density at radius 1 is 1.03 bits per heavy atom. The van der Waals surface area contributed by atoms with E-state index in [1.807, 2.05) is 27.7 Å². The van der Waals surface area contributed by atoms with Crippen LogP contribution >= 0.6 is 0 Å². The number of ether oxygens (including phenoxy) is 1. The van der Waals surface area contributed by atoms with Crippen LogP contribution < -0.4 is 0 Å². The van der Waals surface area contributed by atoms with Crippen molar-refractivity contribution in [1.29, 1.82) is 0 Å². The van der Waals surface area contributed by atoms with Crippen molar-refractivity contribution in [3.8, 4) is 0 Å². The summed E-state index contributed by atoms with van der Waals surface area (Å²) in [5, 5.41) is 0. The molecule has 7 heteroatoms. The van der Waals surface area contributed by atoms with E-state index in [9.17, 15) is 19.2 Å². The number of amides is 3. The summed E-state index contributed by atoms with van der Waals surface area (Å²) in [5.74, 6) is -1.26. The van der Waals surface area contributed by atoms with Gasteiger partial charge in [0.1, 0.15) is 0 Å². The van der Waals surface area contributed by atoms with E-state index < -0.39 is 18.0 Å². The van der Waals surface area contributed by atoms with Crippen molar-refractivity contribution in [3.63, 3.8) is 0 Å². The van der Waals surface area contributed by atoms with Crippen molar-refractivity contribution in [2.45, 2.75) is 78.5 Å². The van der Waals surface area contributed by atoms with Crippen LogP contribution in [0.1, 0.15) is 91.4 Å². The van der Waals surface area contributed by atoms with E-state index in [2.05, 4.69) is 0 Å². The van der Waals surface area contributed by atoms with Crippen molar-refractivity contribution in [3.05, 3.63) is 34.9 Å². The highest BCUT2D eigenvalue weighted by atomic mass is 16.5. The molecule has 3 amide bonds. The lowest BCUT2D eigenvalue weighted by molar-refractivity contribution is -0.146. The number of piperidine rings is 1. The number of hydrogen-bond donors (Lipinski definition) is 0. The van der Waals surface area contributed by atoms with Crippen LogP contribution in [-0.2, 0) is 9.53 Å². The molecule has 0 aromatic heterocycles. The van der Waals surface area contributed by atoms with E-state index in [1.54, 1.807) is 11.8 Å². The molecule has 0 aliphatic carbocycles. The molecule has 2 aliphatic heterocycles. The van der Waals surface area contributed by atoms with Gasteiger partial charge in [0.15, 0.2) is 6.10 Å². The standard InChI is InChI=1S/C24H32N2O5/c1-14(2)11-12-25-22(28)19-10-9-18(13-20(19)23(25)29)24(30)31-17(5)21(27)26-15(3)7-6-8-16(26)4/h9-10,13-17H,6-8,11-12H2,1-5H3/t15-,16-,17-/m1/s1. The van der Waals surface area contributed by atoms with Crippen LogP contribution in [0.25, 0.3) is 0 Å². The number of carbonyl (C=O) groups excluding carboxylic acids is 4. The smallest absolute Gasteiger partial charge is 0.338 e. The molecule has 0 N–H and O–H groups in total. The number of nitrogens with zero attached hydrogens (tertiary/aromatic N) is 2. The molecule has 0 unspecified atom stereocenters. The lowest BCUT2D eigenvalue weighted by Crippen LogP contribution is -2.51. The number of hydrogen-bond acceptors (Lipinski definition) is 5. The summed E-state index contributed by atoms with van der Waals surface area (Å²) in [6, 6.07) is 4.58. The van der Waals surface area contributed by atoms with Crippen LogP contribution in [0.15, 0.2) is 18.2 Å². The van der Waals surface area contributed by atoms with Gasteiger partial charge in [0.05, 0.1) is 16.7 Å². The van der Waals surface area contributed by atoms with Gasteiger partial charge in [-0.1, -0.05) is 13.8 Å². The maximum absolute atomic E-state index is 12.9. The first kappa shape index (κ1) is 23.0. The van der Waals surface area contributed by atoms with Gasteiger partial charge in [0.2, 0.25) is 0 Å². The predicted octanol–water partition coefficient (Wildman–Crippen LogP) is 3.66. The van der Waals surface area contributed by atoms with Crippen molar-refractivity contribution in [2.24, 2.45) is 5.92 Å². The molecular weight excluding hydrogens is 396 g/mol. The molecule has 2 heterocycles. The molecule has 1 aromatic carbocycles. The number of fused-ring (bicyclic) bond motifs is 1. The van der Waals surface area contributed by atoms with Crippen LogP contribution in [0, 0.1) is 5.92 Å². The van der Waals surface area contributed by atoms with Crippen LogP contribution in [0.2, 0.25) is 0 Å². The Morgan fingerprint density at radius 3 is 2.26 bits per heavy atom. The number of imide groups is 1. The first-order valence-corrected chi connectivity index (χ1v) is 11.1. The zero-order valence-electron chi connectivity index (χ0n) is 19.0. The monoisotopic (exact) mass is 428 g/mol. The SMILES string of the molecule is CC(C)CCN1C(=O)c2ccc(C(=O)O[C@H](C)C(=O)N3[C@H](C)CCC[C@H]3C)cc2C1=O. The topological polar surface area (TPSA) is 84.0 Å². The van der Waals surface area contributed by atoms with Gasteiger partial charge in [-0.3, -0.25) is 19.3 Å². The molecule has 1 fully saturated rings. The summed E-state index contributed by atoms with van der Waals surface area (Å²) < 4.78 is 5.44. The number of esters is 1. The fraction of sp³-hybridized carbons (Fsp3) is 0.583. The van der Waals surface area contributed by atoms with Crippen molar-refractivity contribution in [2.75, 3.05) is 6.54 Å². The maximum Gasteiger partial charge on any atom is 0.338 e. The van der Waals surface area contributed by atoms with Gasteiger partial charge in [0.25, 0.3) is 17.7 Å². The molecule has 168 valence electrons. The van der Waals surface area contributed by atoms with Gasteiger partial charge < -0.3 is 9.64 Å². The highest BCUT2D eigenvalue weighted by Crippen LogP contribution is 2.26. The first-order chi connectivity index (χ1) is 14.6. The second kappa shape index (κ2) is 9.20. The largest absolute Gasteiger partial charge is 0.449 e. The van der Waals surface area contributed by atoms with Crippen LogP contribution in [0.5, 0.6) is 0 Å². The van der Waals surface area contributed by atoms with Gasteiger partial charge in [0, 0.05) is 18.6 Å². The molecular formula is C24H32N2O5. The van der Waals surface area contributed by atoms with E-state index in [4.69, 9.17) is 4.74 Å². The molecule has 0 spiro atoms. The molecule has 31 heavy (non-hydrogen) atoms. The van der Waals surface area contributed by atoms with Gasteiger partial charge in [-0.05, 0) is 70.6 Å². The van der Waals surface area contributed by atoms with Gasteiger partial charge in [-0.25, -0.2) is 4.79 Å². The average molecular weight is 429 g/mol. The number of benzene rings is 1. The molecule has 0 radical (unpaired) electrons. The Morgan fingerprint density at radius 2 is 1.65 bits per heavy atom. The van der Waals surface area contributed by atoms with E-state index in [0.717, 1.165) is 19.3 Å². The average Bonchev–Trinajstić information content (AvgIpc) is 2.95. The minimum absolute atomic E-state index is 0.109. The summed E-state index contributed by atoms with van der Waals surface area (Å²) in [7, 11) is 0. The molecule has 3 rings (SSSR count). The van der Waals surface area contributed by atoms with Crippen LogP contribution in [0.3, 0.4) is 0 Å². The molecule has 3 atom stereocenters. The maximum atomic E-state index is 12.9. The Labute approximate surface area is 183 Å². The second-order valence-electron chi connectivity index (χ2n) is 9.13. The first-order valence-electron chi connectivity index (χ1n) is 11.1. The van der Waals surface area contributed by atoms with Gasteiger partial charge in [-0.15, -0.1) is 0 Å². The third kappa shape index (κ3) is 4.65. The minimum Gasteiger partial charge on any atom is -0.449 e. The lowest BCUT2D eigenvalue weighted by Gasteiger charge is -2.40. The number of carbonyl (C=O) groups is 4. The number of likely N-dealkylation sites (tertiary alicyclic amines) is 1. The predicted molar refractivity (Wildman–Crippen MR) is 116 cm³/mol. The third-order valence-electron chi connectivity index (χ3n) is 6.22. The summed E-state index contributed by atoms with van der Waals surface area (Å²) in [6.07, 6.45) is 2.74. The lowest BCUT2D eigenvalue weighted by atomic mass is 9.97. The third-order valence-corrected chi connectivity index (χ3v) is 6.22. The Bertz CT molecular complexity index is 884. The summed E-state index contributed by atoms with van der Waals surface area (Å²) >= 11 is 0. The summed E-state index contributed by atoms with van der Waals surface area (Å²) in [6.45, 7) is 10.00. The fourth-order valence-corrected chi connectivity index (χ4v) is 4.35. The van der Waals surface area contributed by atoms with E-state index in [1.165, 1.54) is 23.1 Å². The summed E-state index contributed by atoms with van der Waals surface area (Å²) in [4.78, 5) is 53.8. The van der Waals surface area contributed by atoms with Crippen molar-refractivity contribution in [1.82, 2.24) is 9.80 Å². The molecule has 1 aromatic rings. The Hall–Kier alpha value is -2.70. The highest BCUT2D eigenvalue weighted by molar-refractivity contribution is 6.22. The van der Waals surface area contributed by atoms with E-state index in [-0.39, 0.29) is 35.0 Å². The van der Waals surface area contributed by atoms with Crippen molar-refractivity contribution >= 4 is 23.7 Å². The summed E-state index contributed by atoms with van der Waals surface area (Å²) in [5.41, 5.74) is 0.663. The zero-order valence-corrected chi connectivity index (χ0v) is 19.0. The van der Waals surface area contributed by atoms with Crippen molar-refractivity contribution < 1.29 is 23.9 Å². The van der Waals surface area contributed by atoms with Gasteiger partial charge >= 0.3 is 5.97 Å². The quantitative estimate of drug-likeness (QED) is 0.510. The van der Waals surface area contributed by atoms with Crippen LogP contribution in [0.4, 0.5) is 0 Å². The highest BCUT2D eigenvalue weighted by Gasteiger charge is 2.37. The fourth-order valence-electron chi connectivity index (χ4n) is 4.35. The van der Waals surface area contributed by atoms with E-state index >= 15 is 0 Å². The molecule has 0 bridgehead atoms. The van der Waals surface area contributed by atoms with Crippen LogP contribution in [-0.4, -0.2) is 58.2 Å². The molecule has 7 nitrogen and oxygen atoms in total.